The number of carboxylic acids is 1. The van der Waals surface area contributed by atoms with Gasteiger partial charge in [0.05, 0.1) is 12.0 Å². The van der Waals surface area contributed by atoms with Gasteiger partial charge in [0.25, 0.3) is 0 Å². The van der Waals surface area contributed by atoms with Crippen LogP contribution >= 0.6 is 35.3 Å². The summed E-state index contributed by atoms with van der Waals surface area (Å²) in [5, 5.41) is 46.7. The minimum atomic E-state index is -1.69. The van der Waals surface area contributed by atoms with E-state index >= 15 is 0 Å². The predicted molar refractivity (Wildman–Crippen MR) is 335 cm³/mol. The summed E-state index contributed by atoms with van der Waals surface area (Å²) >= 11 is 4.24. The molecule has 26 nitrogen and oxygen atoms in total. The zero-order chi connectivity index (χ0) is 63.3. The van der Waals surface area contributed by atoms with Crippen molar-refractivity contribution in [3.63, 3.8) is 0 Å². The van der Waals surface area contributed by atoms with Crippen LogP contribution in [0, 0.1) is 5.92 Å². The minimum absolute atomic E-state index is 0.0887. The minimum Gasteiger partial charge on any atom is -0.480 e. The summed E-state index contributed by atoms with van der Waals surface area (Å²) in [4.78, 5) is 141. The number of carbonyl (C=O) groups is 10. The molecule has 17 N–H and O–H groups in total. The number of nitrogens with zero attached hydrogens (tertiary/aromatic N) is 2. The Morgan fingerprint density at radius 2 is 1.43 bits per heavy atom. The summed E-state index contributed by atoms with van der Waals surface area (Å²) in [6.07, 6.45) is 0.979. The Kier molecular flexibility index (Phi) is 31.5. The molecule has 0 aliphatic carbocycles. The fourth-order valence-corrected chi connectivity index (χ4v) is 13.1. The lowest BCUT2D eigenvalue weighted by molar-refractivity contribution is -0.147. The number of carboxylic acid groups (broad SMARTS) is 1. The average Bonchev–Trinajstić information content (AvgIpc) is 1.96. The summed E-state index contributed by atoms with van der Waals surface area (Å²) < 4.78 is 0. The van der Waals surface area contributed by atoms with Gasteiger partial charge < -0.3 is 85.1 Å². The molecule has 0 spiro atoms. The van der Waals surface area contributed by atoms with Crippen molar-refractivity contribution in [1.82, 2.24) is 57.7 Å². The molecule has 482 valence electrons. The first-order valence-corrected chi connectivity index (χ1v) is 33.3. The van der Waals surface area contributed by atoms with Gasteiger partial charge in [-0.25, -0.2) is 9.59 Å². The number of carbonyl (C=O) groups excluding carboxylic acids is 9. The highest BCUT2D eigenvalue weighted by Gasteiger charge is 2.45. The number of primary amides is 1. The van der Waals surface area contributed by atoms with Gasteiger partial charge in [-0.2, -0.15) is 35.3 Å². The molecule has 10 amide bonds. The molecular weight excluding hydrogens is 1180 g/mol. The van der Waals surface area contributed by atoms with Crippen molar-refractivity contribution >= 4 is 94.5 Å². The number of unbranched alkanes of at least 4 members (excludes halogenated alkanes) is 1. The number of amides is 10. The van der Waals surface area contributed by atoms with E-state index in [2.05, 4.69) is 47.9 Å². The number of hydrogen-bond donors (Lipinski definition) is 14. The number of thioether (sulfide) groups is 3. The van der Waals surface area contributed by atoms with Crippen molar-refractivity contribution in [1.29, 1.82) is 0 Å². The molecule has 0 aromatic heterocycles. The Morgan fingerprint density at radius 3 is 2.08 bits per heavy atom. The lowest BCUT2D eigenvalue weighted by Crippen LogP contribution is -2.61. The van der Waals surface area contributed by atoms with Crippen LogP contribution in [0.25, 0.3) is 0 Å². The fourth-order valence-electron chi connectivity index (χ4n) is 10.3. The van der Waals surface area contributed by atoms with Crippen molar-refractivity contribution in [2.24, 2.45) is 23.1 Å². The average molecular weight is 1270 g/mol. The zero-order valence-electron chi connectivity index (χ0n) is 49.8. The van der Waals surface area contributed by atoms with E-state index in [1.54, 1.807) is 42.1 Å². The van der Waals surface area contributed by atoms with E-state index in [1.807, 2.05) is 25.1 Å². The molecule has 29 heteroatoms. The van der Waals surface area contributed by atoms with Crippen LogP contribution in [0.2, 0.25) is 0 Å². The third kappa shape index (κ3) is 24.0. The van der Waals surface area contributed by atoms with Crippen molar-refractivity contribution in [2.45, 2.75) is 144 Å². The normalized spacial score (nSPS) is 22.9. The molecule has 9 atom stereocenters. The smallest absolute Gasteiger partial charge is 0.327 e. The molecule has 2 saturated heterocycles. The van der Waals surface area contributed by atoms with Crippen LogP contribution in [0.4, 0.5) is 4.79 Å². The number of aliphatic hydroxyl groups excluding tert-OH is 1. The van der Waals surface area contributed by atoms with Crippen molar-refractivity contribution in [3.8, 4) is 0 Å². The molecule has 0 radical (unpaired) electrons. The first-order chi connectivity index (χ1) is 41.8. The summed E-state index contributed by atoms with van der Waals surface area (Å²) in [5.74, 6) is -5.38. The van der Waals surface area contributed by atoms with Crippen LogP contribution in [0.1, 0.15) is 93.9 Å². The summed E-state index contributed by atoms with van der Waals surface area (Å²) in [6, 6.07) is 4.74. The predicted octanol–water partition coefficient (Wildman–Crippen LogP) is -1.06. The highest BCUT2D eigenvalue weighted by molar-refractivity contribution is 7.99. The zero-order valence-corrected chi connectivity index (χ0v) is 52.3. The molecule has 2 bridgehead atoms. The van der Waals surface area contributed by atoms with Gasteiger partial charge in [-0.05, 0) is 80.7 Å². The standard InChI is InChI=1S/C58H90N14O12S3/c1-3-4-18-65-58(84)69-44-33-86-31-39-25-38(30-85-24-21-64-50(75)41(16-19-63-35-60)29-62-20-17-59)26-40(27-39)32-87-34-45(57(82)83)68-52(77)43(28-37-10-6-5-7-11-37)67-51(76)42(14-15-48(61)74)66-54(79)49(36(2)73)70-53(78)46-12-8-22-71(46)56(81)47-13-9-23-72(47)55(44)80/h5-7,10-11,25-27,36,41-47,49,62-63,73H,3-4,8-9,12-24,28-35,59-60H2,1-2H3,(H2,61,74)(H,64,75)(H,66,79)(H,67,76)(H,68,77)(H,70,78)(H,82,83)(H2,65,69,84)/t36-,41?,42+,43+,44+,45+,46+,47+,49+/m1/s1. The van der Waals surface area contributed by atoms with Crippen LogP contribution in [0.3, 0.4) is 0 Å². The number of urea groups is 1. The monoisotopic (exact) mass is 1270 g/mol. The van der Waals surface area contributed by atoms with Gasteiger partial charge in [0, 0.05) is 99.8 Å². The van der Waals surface area contributed by atoms with Crippen molar-refractivity contribution in [2.75, 3.05) is 76.3 Å². The maximum atomic E-state index is 14.8. The quantitative estimate of drug-likeness (QED) is 0.0416. The Balaban J connectivity index is 1.48. The molecule has 3 aliphatic rings. The SMILES string of the molecule is CCCCNC(=O)N[C@H]1CSCc2cc(CSCCNC(=O)C(CCNCN)CNCCN)cc(c2)CSC[C@@H](C(=O)O)NC(=O)[C@H](Cc2ccccc2)NC(=O)[C@H](CCC(N)=O)NC(=O)[C@H]([C@@H](C)O)NC(=O)[C@@H]2CCCN2C(=O)[C@@H]2CCCN2C1=O. The first kappa shape index (κ1) is 71.5. The van der Waals surface area contributed by atoms with E-state index in [1.165, 1.54) is 40.2 Å². The number of nitrogens with one attached hydrogen (secondary N) is 9. The molecule has 3 heterocycles. The molecule has 2 aromatic rings. The second-order valence-corrected chi connectivity index (χ2v) is 25.0. The molecule has 1 unspecified atom stereocenters. The number of benzene rings is 2. The number of hydrogen-bond acceptors (Lipinski definition) is 18. The van der Waals surface area contributed by atoms with Crippen LogP contribution in [0.15, 0.2) is 48.5 Å². The van der Waals surface area contributed by atoms with E-state index in [9.17, 15) is 58.2 Å². The Bertz CT molecular complexity index is 2600. The Labute approximate surface area is 521 Å². The lowest BCUT2D eigenvalue weighted by Gasteiger charge is -2.33. The topological polar surface area (TPSA) is 404 Å². The summed E-state index contributed by atoms with van der Waals surface area (Å²) in [7, 11) is 0. The third-order valence-corrected chi connectivity index (χ3v) is 18.2. The van der Waals surface area contributed by atoms with Crippen LogP contribution < -0.4 is 65.1 Å². The summed E-state index contributed by atoms with van der Waals surface area (Å²) in [6.45, 7) is 6.70. The Morgan fingerprint density at radius 1 is 0.759 bits per heavy atom. The van der Waals surface area contributed by atoms with Gasteiger partial charge in [0.2, 0.25) is 47.3 Å². The molecule has 5 rings (SSSR count). The second-order valence-electron chi connectivity index (χ2n) is 21.8. The molecule has 2 aromatic carbocycles. The molecule has 87 heavy (non-hydrogen) atoms. The fraction of sp³-hybridized carbons (Fsp3) is 0.621. The molecular formula is C58H90N14O12S3. The highest BCUT2D eigenvalue weighted by atomic mass is 32.2. The van der Waals surface area contributed by atoms with Crippen LogP contribution in [-0.4, -0.2) is 204 Å². The van der Waals surface area contributed by atoms with Gasteiger partial charge in [-0.1, -0.05) is 61.9 Å². The van der Waals surface area contributed by atoms with Gasteiger partial charge >= 0.3 is 12.0 Å². The van der Waals surface area contributed by atoms with Crippen LogP contribution in [0.5, 0.6) is 0 Å². The summed E-state index contributed by atoms with van der Waals surface area (Å²) in [5.41, 5.74) is 20.0. The first-order valence-electron chi connectivity index (χ1n) is 29.9. The molecule has 2 fully saturated rings. The van der Waals surface area contributed by atoms with Gasteiger partial charge in [-0.3, -0.25) is 38.4 Å². The van der Waals surface area contributed by atoms with Gasteiger partial charge in [0.1, 0.15) is 42.3 Å². The Hall–Kier alpha value is -6.21. The lowest BCUT2D eigenvalue weighted by atomic mass is 10.0. The second kappa shape index (κ2) is 38.3. The molecule has 3 aliphatic heterocycles. The maximum Gasteiger partial charge on any atom is 0.327 e. The largest absolute Gasteiger partial charge is 0.480 e. The number of aliphatic hydroxyl groups is 1. The highest BCUT2D eigenvalue weighted by Crippen LogP contribution is 2.28. The number of aliphatic carboxylic acids is 1. The van der Waals surface area contributed by atoms with Gasteiger partial charge in [-0.15, -0.1) is 0 Å². The van der Waals surface area contributed by atoms with Crippen molar-refractivity contribution < 1.29 is 58.2 Å². The van der Waals surface area contributed by atoms with Gasteiger partial charge in [0.15, 0.2) is 0 Å². The van der Waals surface area contributed by atoms with Crippen molar-refractivity contribution in [3.05, 3.63) is 70.8 Å². The van der Waals surface area contributed by atoms with E-state index in [-0.39, 0.29) is 62.1 Å². The van der Waals surface area contributed by atoms with E-state index in [0.29, 0.717) is 100 Å². The molecule has 0 saturated carbocycles. The number of rotatable bonds is 25. The third-order valence-electron chi connectivity index (χ3n) is 14.9. The van der Waals surface area contributed by atoms with Crippen LogP contribution in [-0.2, 0) is 66.8 Å². The van der Waals surface area contributed by atoms with E-state index < -0.39 is 108 Å². The number of nitrogens with two attached hydrogens (primary N) is 3. The van der Waals surface area contributed by atoms with E-state index in [0.717, 1.165) is 23.1 Å². The van der Waals surface area contributed by atoms with E-state index in [4.69, 9.17) is 17.2 Å². The number of fused-ring (bicyclic) bond motifs is 4. The maximum absolute atomic E-state index is 14.8.